The van der Waals surface area contributed by atoms with E-state index in [1.54, 1.807) is 6.08 Å². The number of para-hydroxylation sites is 1. The van der Waals surface area contributed by atoms with Crippen molar-refractivity contribution in [2.75, 3.05) is 31.1 Å². The number of nitrogens with zero attached hydrogens (tertiary/aromatic N) is 2. The number of carbonyl (C=O) groups is 1. The normalized spacial score (nSPS) is 15.5. The van der Waals surface area contributed by atoms with Crippen LogP contribution in [0.1, 0.15) is 11.1 Å². The summed E-state index contributed by atoms with van der Waals surface area (Å²) in [6.07, 6.45) is 2.79. The van der Waals surface area contributed by atoms with Gasteiger partial charge in [-0.15, -0.1) is 0 Å². The molecule has 1 aliphatic heterocycles. The van der Waals surface area contributed by atoms with Crippen molar-refractivity contribution in [2.45, 2.75) is 5.75 Å². The van der Waals surface area contributed by atoms with Crippen molar-refractivity contribution in [1.29, 1.82) is 0 Å². The second kappa shape index (κ2) is 9.57. The van der Waals surface area contributed by atoms with Crippen LogP contribution in [0.5, 0.6) is 0 Å². The second-order valence-electron chi connectivity index (χ2n) is 6.75. The molecule has 30 heavy (non-hydrogen) atoms. The highest BCUT2D eigenvalue weighted by Gasteiger charge is 2.28. The average Bonchev–Trinajstić information content (AvgIpc) is 2.74. The van der Waals surface area contributed by atoms with Crippen molar-refractivity contribution in [3.8, 4) is 0 Å². The third-order valence-corrected chi connectivity index (χ3v) is 6.85. The van der Waals surface area contributed by atoms with Crippen LogP contribution in [0.15, 0.2) is 48.5 Å². The summed E-state index contributed by atoms with van der Waals surface area (Å²) < 4.78 is 40.8. The zero-order chi connectivity index (χ0) is 21.7. The minimum absolute atomic E-state index is 0.0828. The number of piperazine rings is 1. The molecule has 3 rings (SSSR count). The molecule has 0 atom stereocenters. The summed E-state index contributed by atoms with van der Waals surface area (Å²) in [7, 11) is -3.68. The molecule has 2 aromatic carbocycles. The highest BCUT2D eigenvalue weighted by molar-refractivity contribution is 7.88. The van der Waals surface area contributed by atoms with E-state index in [2.05, 4.69) is 0 Å². The van der Waals surface area contributed by atoms with Gasteiger partial charge in [0.25, 0.3) is 5.91 Å². The smallest absolute Gasteiger partial charge is 0.267 e. The van der Waals surface area contributed by atoms with E-state index >= 15 is 0 Å². The van der Waals surface area contributed by atoms with E-state index in [4.69, 9.17) is 16.8 Å². The quantitative estimate of drug-likeness (QED) is 0.398. The number of hydroxylamine groups is 1. The van der Waals surface area contributed by atoms with Gasteiger partial charge in [0.2, 0.25) is 10.0 Å². The van der Waals surface area contributed by atoms with Crippen molar-refractivity contribution < 1.29 is 22.8 Å². The number of amides is 1. The van der Waals surface area contributed by atoms with E-state index in [1.807, 2.05) is 29.2 Å². The summed E-state index contributed by atoms with van der Waals surface area (Å²) in [6, 6.07) is 11.3. The van der Waals surface area contributed by atoms with Gasteiger partial charge < -0.3 is 4.90 Å². The fraction of sp³-hybridized carbons (Fsp3) is 0.250. The third kappa shape index (κ3) is 5.37. The van der Waals surface area contributed by atoms with Crippen molar-refractivity contribution in [3.63, 3.8) is 0 Å². The molecule has 10 heteroatoms. The van der Waals surface area contributed by atoms with Gasteiger partial charge in [0, 0.05) is 48.5 Å². The summed E-state index contributed by atoms with van der Waals surface area (Å²) in [5.74, 6) is -1.71. The molecular formula is C20H21ClFN3O4S. The molecule has 0 saturated carbocycles. The van der Waals surface area contributed by atoms with E-state index < -0.39 is 27.5 Å². The Morgan fingerprint density at radius 1 is 1.17 bits per heavy atom. The number of nitrogens with one attached hydrogen (secondary N) is 1. The van der Waals surface area contributed by atoms with E-state index in [9.17, 15) is 17.6 Å². The summed E-state index contributed by atoms with van der Waals surface area (Å²) in [5, 5.41) is 8.83. The Kier molecular flexibility index (Phi) is 7.09. The Balaban J connectivity index is 1.69. The van der Waals surface area contributed by atoms with Gasteiger partial charge in [-0.25, -0.2) is 18.3 Å². The van der Waals surface area contributed by atoms with Crippen molar-refractivity contribution in [3.05, 3.63) is 70.5 Å². The number of halogens is 2. The van der Waals surface area contributed by atoms with Crippen LogP contribution < -0.4 is 10.4 Å². The topological polar surface area (TPSA) is 90.0 Å². The number of hydrogen-bond donors (Lipinski definition) is 2. The Morgan fingerprint density at radius 2 is 1.87 bits per heavy atom. The van der Waals surface area contributed by atoms with Crippen LogP contribution in [0.4, 0.5) is 10.1 Å². The van der Waals surface area contributed by atoms with E-state index in [0.717, 1.165) is 17.3 Å². The highest BCUT2D eigenvalue weighted by atomic mass is 35.5. The molecule has 0 bridgehead atoms. The molecule has 1 amide bonds. The van der Waals surface area contributed by atoms with E-state index in [0.29, 0.717) is 13.1 Å². The Labute approximate surface area is 179 Å². The monoisotopic (exact) mass is 453 g/mol. The summed E-state index contributed by atoms with van der Waals surface area (Å²) in [5.41, 5.74) is 3.23. The number of sulfonamides is 1. The first-order chi connectivity index (χ1) is 14.3. The zero-order valence-corrected chi connectivity index (χ0v) is 17.5. The van der Waals surface area contributed by atoms with Gasteiger partial charge in [0.15, 0.2) is 0 Å². The van der Waals surface area contributed by atoms with Gasteiger partial charge in [0.05, 0.1) is 5.75 Å². The first-order valence-corrected chi connectivity index (χ1v) is 11.2. The van der Waals surface area contributed by atoms with Crippen molar-refractivity contribution in [2.24, 2.45) is 0 Å². The zero-order valence-electron chi connectivity index (χ0n) is 16.0. The summed E-state index contributed by atoms with van der Waals surface area (Å²) in [4.78, 5) is 13.3. The lowest BCUT2D eigenvalue weighted by molar-refractivity contribution is -0.124. The molecule has 0 radical (unpaired) electrons. The fourth-order valence-corrected chi connectivity index (χ4v) is 4.94. The number of carbonyl (C=O) groups excluding carboxylic acids is 1. The minimum atomic E-state index is -3.68. The predicted molar refractivity (Wildman–Crippen MR) is 113 cm³/mol. The van der Waals surface area contributed by atoms with Gasteiger partial charge >= 0.3 is 0 Å². The van der Waals surface area contributed by atoms with Crippen LogP contribution in [0.3, 0.4) is 0 Å². The van der Waals surface area contributed by atoms with Crippen LogP contribution >= 0.6 is 11.6 Å². The molecule has 0 spiro atoms. The molecule has 1 saturated heterocycles. The van der Waals surface area contributed by atoms with E-state index in [1.165, 1.54) is 28.0 Å². The molecule has 0 aromatic heterocycles. The molecule has 160 valence electrons. The lowest BCUT2D eigenvalue weighted by Gasteiger charge is -2.36. The SMILES string of the molecule is O=C(/C=C/c1ccccc1N1CCN(S(=O)(=O)Cc2ccc(Cl)cc2F)CC1)NO. The van der Waals surface area contributed by atoms with Crippen LogP contribution in [0.25, 0.3) is 6.08 Å². The Hall–Kier alpha value is -2.46. The number of hydrogen-bond acceptors (Lipinski definition) is 5. The standard InChI is InChI=1S/C20H21ClFN3O4S/c21-17-7-5-16(18(22)13-17)14-30(28,29)25-11-9-24(10-12-25)19-4-2-1-3-15(19)6-8-20(26)23-27/h1-8,13,27H,9-12,14H2,(H,23,26)/b8-6+. The van der Waals surface area contributed by atoms with E-state index in [-0.39, 0.29) is 23.7 Å². The van der Waals surface area contributed by atoms with Crippen LogP contribution in [-0.4, -0.2) is 50.0 Å². The molecule has 2 aromatic rings. The van der Waals surface area contributed by atoms with Crippen molar-refractivity contribution in [1.82, 2.24) is 9.79 Å². The molecule has 2 N–H and O–H groups in total. The maximum atomic E-state index is 14.0. The first kappa shape index (κ1) is 22.2. The fourth-order valence-electron chi connectivity index (χ4n) is 3.25. The van der Waals surface area contributed by atoms with Gasteiger partial charge in [-0.1, -0.05) is 35.9 Å². The van der Waals surface area contributed by atoms with Crippen LogP contribution in [0.2, 0.25) is 5.02 Å². The Morgan fingerprint density at radius 3 is 2.53 bits per heavy atom. The maximum absolute atomic E-state index is 14.0. The molecule has 1 heterocycles. The predicted octanol–water partition coefficient (Wildman–Crippen LogP) is 2.65. The minimum Gasteiger partial charge on any atom is -0.368 e. The summed E-state index contributed by atoms with van der Waals surface area (Å²) in [6.45, 7) is 1.40. The lowest BCUT2D eigenvalue weighted by atomic mass is 10.1. The molecule has 7 nitrogen and oxygen atoms in total. The third-order valence-electron chi connectivity index (χ3n) is 4.79. The van der Waals surface area contributed by atoms with Gasteiger partial charge in [-0.3, -0.25) is 10.0 Å². The van der Waals surface area contributed by atoms with Crippen LogP contribution in [0, 0.1) is 5.82 Å². The molecule has 1 aliphatic rings. The maximum Gasteiger partial charge on any atom is 0.267 e. The molecule has 0 aliphatic carbocycles. The Bertz CT molecular complexity index is 1050. The van der Waals surface area contributed by atoms with Crippen LogP contribution in [-0.2, 0) is 20.6 Å². The second-order valence-corrected chi connectivity index (χ2v) is 9.15. The summed E-state index contributed by atoms with van der Waals surface area (Å²) >= 11 is 5.73. The number of anilines is 1. The largest absolute Gasteiger partial charge is 0.368 e. The molecule has 0 unspecified atom stereocenters. The average molecular weight is 454 g/mol. The lowest BCUT2D eigenvalue weighted by Crippen LogP contribution is -2.49. The van der Waals surface area contributed by atoms with Gasteiger partial charge in [0.1, 0.15) is 5.82 Å². The highest BCUT2D eigenvalue weighted by Crippen LogP contribution is 2.25. The first-order valence-electron chi connectivity index (χ1n) is 9.18. The van der Waals surface area contributed by atoms with Gasteiger partial charge in [-0.05, 0) is 29.8 Å². The molecular weight excluding hydrogens is 433 g/mol. The number of rotatable bonds is 6. The van der Waals surface area contributed by atoms with Gasteiger partial charge in [-0.2, -0.15) is 4.31 Å². The number of benzene rings is 2. The molecule has 1 fully saturated rings. The van der Waals surface area contributed by atoms with Crippen molar-refractivity contribution >= 4 is 39.3 Å².